The number of nitrogens with one attached hydrogen (secondary N) is 1. The Kier molecular flexibility index (Phi) is 5.65. The molecule has 2 rings (SSSR count). The molecule has 2 aromatic rings. The molecule has 2 nitrogen and oxygen atoms in total. The van der Waals surface area contributed by atoms with Crippen LogP contribution in [0.25, 0.3) is 0 Å². The first-order valence-electron chi connectivity index (χ1n) is 6.99. The number of rotatable bonds is 6. The summed E-state index contributed by atoms with van der Waals surface area (Å²) in [6.45, 7) is 4.82. The minimum Gasteiger partial charge on any atom is -0.497 e. The van der Waals surface area contributed by atoms with E-state index in [2.05, 4.69) is 5.32 Å². The van der Waals surface area contributed by atoms with Gasteiger partial charge in [-0.05, 0) is 49.9 Å². The van der Waals surface area contributed by atoms with Crippen molar-refractivity contribution in [1.82, 2.24) is 5.32 Å². The molecule has 0 saturated heterocycles. The molecular weight excluding hydrogens is 285 g/mol. The highest BCUT2D eigenvalue weighted by atomic mass is 32.2. The number of halogens is 1. The molecule has 1 N–H and O–H groups in total. The minimum atomic E-state index is -0.165. The quantitative estimate of drug-likeness (QED) is 0.839. The van der Waals surface area contributed by atoms with Gasteiger partial charge < -0.3 is 10.1 Å². The van der Waals surface area contributed by atoms with Crippen molar-refractivity contribution in [3.8, 4) is 5.75 Å². The molecule has 0 heterocycles. The van der Waals surface area contributed by atoms with Crippen LogP contribution in [0.3, 0.4) is 0 Å². The summed E-state index contributed by atoms with van der Waals surface area (Å²) in [6.07, 6.45) is 0. The van der Waals surface area contributed by atoms with Crippen molar-refractivity contribution < 1.29 is 9.13 Å². The van der Waals surface area contributed by atoms with Crippen molar-refractivity contribution in [2.75, 3.05) is 13.7 Å². The molecule has 0 spiro atoms. The van der Waals surface area contributed by atoms with Crippen molar-refractivity contribution >= 4 is 11.8 Å². The van der Waals surface area contributed by atoms with Gasteiger partial charge in [-0.25, -0.2) is 4.39 Å². The smallest absolute Gasteiger partial charge is 0.129 e. The van der Waals surface area contributed by atoms with E-state index in [1.54, 1.807) is 24.9 Å². The van der Waals surface area contributed by atoms with E-state index in [-0.39, 0.29) is 11.9 Å². The Morgan fingerprint density at radius 3 is 2.52 bits per heavy atom. The zero-order valence-corrected chi connectivity index (χ0v) is 13.3. The van der Waals surface area contributed by atoms with E-state index in [0.29, 0.717) is 0 Å². The van der Waals surface area contributed by atoms with Gasteiger partial charge in [-0.2, -0.15) is 0 Å². The lowest BCUT2D eigenvalue weighted by atomic mass is 10.1. The van der Waals surface area contributed by atoms with Crippen molar-refractivity contribution in [2.24, 2.45) is 0 Å². The van der Waals surface area contributed by atoms with E-state index in [0.717, 1.165) is 27.6 Å². The fraction of sp³-hybridized carbons (Fsp3) is 0.294. The van der Waals surface area contributed by atoms with E-state index in [4.69, 9.17) is 4.74 Å². The SMILES string of the molecule is CCNC(C)c1c(F)cccc1Sc1ccc(OC)cc1. The number of hydrogen-bond donors (Lipinski definition) is 1. The van der Waals surface area contributed by atoms with Gasteiger partial charge in [0.2, 0.25) is 0 Å². The predicted octanol–water partition coefficient (Wildman–Crippen LogP) is 4.66. The highest BCUT2D eigenvalue weighted by molar-refractivity contribution is 7.99. The van der Waals surface area contributed by atoms with Gasteiger partial charge in [-0.3, -0.25) is 0 Å². The van der Waals surface area contributed by atoms with Crippen LogP contribution in [-0.4, -0.2) is 13.7 Å². The van der Waals surface area contributed by atoms with Crippen LogP contribution < -0.4 is 10.1 Å². The van der Waals surface area contributed by atoms with Gasteiger partial charge in [0, 0.05) is 21.4 Å². The lowest BCUT2D eigenvalue weighted by Gasteiger charge is -2.17. The van der Waals surface area contributed by atoms with Crippen molar-refractivity contribution in [3.05, 3.63) is 53.8 Å². The number of hydrogen-bond acceptors (Lipinski definition) is 3. The topological polar surface area (TPSA) is 21.3 Å². The summed E-state index contributed by atoms with van der Waals surface area (Å²) in [6, 6.07) is 13.0. The molecule has 2 aromatic carbocycles. The number of benzene rings is 2. The van der Waals surface area contributed by atoms with E-state index >= 15 is 0 Å². The van der Waals surface area contributed by atoms with Gasteiger partial charge in [0.25, 0.3) is 0 Å². The molecule has 0 bridgehead atoms. The van der Waals surface area contributed by atoms with Crippen LogP contribution in [0.15, 0.2) is 52.3 Å². The maximum atomic E-state index is 14.2. The molecule has 0 fully saturated rings. The highest BCUT2D eigenvalue weighted by Gasteiger charge is 2.15. The Balaban J connectivity index is 2.28. The molecular formula is C17H20FNOS. The van der Waals surface area contributed by atoms with Crippen LogP contribution in [0.1, 0.15) is 25.5 Å². The first-order chi connectivity index (χ1) is 10.2. The molecule has 0 aliphatic rings. The fourth-order valence-electron chi connectivity index (χ4n) is 2.21. The summed E-state index contributed by atoms with van der Waals surface area (Å²) < 4.78 is 19.3. The molecule has 0 aliphatic heterocycles. The molecule has 0 amide bonds. The Morgan fingerprint density at radius 2 is 1.90 bits per heavy atom. The Labute approximate surface area is 129 Å². The predicted molar refractivity (Wildman–Crippen MR) is 85.6 cm³/mol. The van der Waals surface area contributed by atoms with Gasteiger partial charge in [0.15, 0.2) is 0 Å². The van der Waals surface area contributed by atoms with Crippen molar-refractivity contribution in [2.45, 2.75) is 29.7 Å². The third kappa shape index (κ3) is 3.99. The first-order valence-corrected chi connectivity index (χ1v) is 7.81. The molecule has 4 heteroatoms. The van der Waals surface area contributed by atoms with Crippen LogP contribution >= 0.6 is 11.8 Å². The molecule has 0 saturated carbocycles. The van der Waals surface area contributed by atoms with Crippen LogP contribution in [-0.2, 0) is 0 Å². The van der Waals surface area contributed by atoms with E-state index in [9.17, 15) is 4.39 Å². The summed E-state index contributed by atoms with van der Waals surface area (Å²) in [4.78, 5) is 2.00. The number of methoxy groups -OCH3 is 1. The van der Waals surface area contributed by atoms with Crippen LogP contribution in [0.2, 0.25) is 0 Å². The number of ether oxygens (including phenoxy) is 1. The summed E-state index contributed by atoms with van der Waals surface area (Å²) in [5.41, 5.74) is 0.722. The minimum absolute atomic E-state index is 0.0167. The van der Waals surface area contributed by atoms with Crippen LogP contribution in [0.4, 0.5) is 4.39 Å². The average molecular weight is 305 g/mol. The summed E-state index contributed by atoms with van der Waals surface area (Å²) in [5.74, 6) is 0.654. The largest absolute Gasteiger partial charge is 0.497 e. The second kappa shape index (κ2) is 7.48. The Morgan fingerprint density at radius 1 is 1.19 bits per heavy atom. The Hall–Kier alpha value is -1.52. The second-order valence-corrected chi connectivity index (χ2v) is 5.82. The van der Waals surface area contributed by atoms with E-state index in [1.165, 1.54) is 6.07 Å². The van der Waals surface area contributed by atoms with Gasteiger partial charge in [-0.1, -0.05) is 24.8 Å². The van der Waals surface area contributed by atoms with Crippen LogP contribution in [0.5, 0.6) is 5.75 Å². The maximum absolute atomic E-state index is 14.2. The zero-order chi connectivity index (χ0) is 15.2. The van der Waals surface area contributed by atoms with E-state index < -0.39 is 0 Å². The molecule has 0 aliphatic carbocycles. The van der Waals surface area contributed by atoms with E-state index in [1.807, 2.05) is 44.2 Å². The highest BCUT2D eigenvalue weighted by Crippen LogP contribution is 2.35. The van der Waals surface area contributed by atoms with Gasteiger partial charge in [0.1, 0.15) is 11.6 Å². The summed E-state index contributed by atoms with van der Waals surface area (Å²) >= 11 is 1.57. The monoisotopic (exact) mass is 305 g/mol. The average Bonchev–Trinajstić information content (AvgIpc) is 2.48. The molecule has 1 unspecified atom stereocenters. The van der Waals surface area contributed by atoms with Crippen molar-refractivity contribution in [1.29, 1.82) is 0 Å². The van der Waals surface area contributed by atoms with Gasteiger partial charge in [0.05, 0.1) is 7.11 Å². The molecule has 1 atom stereocenters. The summed E-state index contributed by atoms with van der Waals surface area (Å²) in [7, 11) is 1.64. The van der Waals surface area contributed by atoms with Crippen molar-refractivity contribution in [3.63, 3.8) is 0 Å². The Bertz CT molecular complexity index is 586. The van der Waals surface area contributed by atoms with Gasteiger partial charge in [-0.15, -0.1) is 0 Å². The second-order valence-electron chi connectivity index (χ2n) is 4.71. The molecule has 21 heavy (non-hydrogen) atoms. The molecule has 0 aromatic heterocycles. The lowest BCUT2D eigenvalue weighted by Crippen LogP contribution is -2.19. The molecule has 112 valence electrons. The normalized spacial score (nSPS) is 12.2. The fourth-order valence-corrected chi connectivity index (χ4v) is 3.26. The first kappa shape index (κ1) is 15.9. The molecule has 0 radical (unpaired) electrons. The standard InChI is InChI=1S/C17H20FNOS/c1-4-19-12(2)17-15(18)6-5-7-16(17)21-14-10-8-13(20-3)9-11-14/h5-12,19H,4H2,1-3H3. The third-order valence-corrected chi connectivity index (χ3v) is 4.33. The zero-order valence-electron chi connectivity index (χ0n) is 12.5. The van der Waals surface area contributed by atoms with Crippen LogP contribution in [0, 0.1) is 5.82 Å². The third-order valence-electron chi connectivity index (χ3n) is 3.24. The maximum Gasteiger partial charge on any atom is 0.129 e. The van der Waals surface area contributed by atoms with Gasteiger partial charge >= 0.3 is 0 Å². The summed E-state index contributed by atoms with van der Waals surface area (Å²) in [5, 5.41) is 3.27. The lowest BCUT2D eigenvalue weighted by molar-refractivity contribution is 0.414.